The minimum absolute atomic E-state index is 0.328. The number of anilines is 2. The molecule has 0 saturated heterocycles. The maximum atomic E-state index is 5.49. The van der Waals surface area contributed by atoms with E-state index in [1.165, 1.54) is 11.9 Å². The van der Waals surface area contributed by atoms with Crippen LogP contribution in [0.25, 0.3) is 0 Å². The van der Waals surface area contributed by atoms with Crippen LogP contribution in [-0.4, -0.2) is 16.0 Å². The Balaban J connectivity index is 2.34. The second-order valence-corrected chi connectivity index (χ2v) is 5.02. The fourth-order valence-electron chi connectivity index (χ4n) is 2.16. The largest absolute Gasteiger partial charge is 0.349 e. The van der Waals surface area contributed by atoms with Gasteiger partial charge in [-0.15, -0.1) is 0 Å². The number of hydrogen-bond donors (Lipinski definition) is 2. The van der Waals surface area contributed by atoms with Gasteiger partial charge in [-0.05, 0) is 26.3 Å². The summed E-state index contributed by atoms with van der Waals surface area (Å²) < 4.78 is 0. The summed E-state index contributed by atoms with van der Waals surface area (Å²) in [4.78, 5) is 10.8. The highest BCUT2D eigenvalue weighted by Gasteiger charge is 2.17. The lowest BCUT2D eigenvalue weighted by atomic mass is 10.1. The van der Waals surface area contributed by atoms with Gasteiger partial charge in [0.05, 0.1) is 0 Å². The zero-order chi connectivity index (χ0) is 14.5. The fraction of sp³-hybridized carbons (Fsp3) is 0.333. The third kappa shape index (κ3) is 3.05. The van der Waals surface area contributed by atoms with Gasteiger partial charge in [-0.3, -0.25) is 0 Å². The molecule has 20 heavy (non-hydrogen) atoms. The molecule has 0 radical (unpaired) electrons. The van der Waals surface area contributed by atoms with Gasteiger partial charge in [-0.2, -0.15) is 0 Å². The first-order valence-corrected chi connectivity index (χ1v) is 6.72. The van der Waals surface area contributed by atoms with E-state index in [4.69, 9.17) is 5.84 Å². The number of rotatable bonds is 5. The molecular formula is C15H21N5. The predicted molar refractivity (Wildman–Crippen MR) is 82.3 cm³/mol. The summed E-state index contributed by atoms with van der Waals surface area (Å²) in [6.07, 6.45) is 1.54. The summed E-state index contributed by atoms with van der Waals surface area (Å²) >= 11 is 0. The van der Waals surface area contributed by atoms with E-state index in [2.05, 4.69) is 46.3 Å². The van der Waals surface area contributed by atoms with E-state index < -0.39 is 0 Å². The number of nitrogens with one attached hydrogen (secondary N) is 1. The van der Waals surface area contributed by atoms with E-state index >= 15 is 0 Å². The van der Waals surface area contributed by atoms with Crippen molar-refractivity contribution in [2.45, 2.75) is 33.4 Å². The summed E-state index contributed by atoms with van der Waals surface area (Å²) in [5, 5.41) is 0. The van der Waals surface area contributed by atoms with Crippen LogP contribution in [-0.2, 0) is 6.54 Å². The van der Waals surface area contributed by atoms with Crippen molar-refractivity contribution in [1.82, 2.24) is 9.97 Å². The normalized spacial score (nSPS) is 10.7. The first kappa shape index (κ1) is 14.3. The van der Waals surface area contributed by atoms with Gasteiger partial charge < -0.3 is 10.3 Å². The highest BCUT2D eigenvalue weighted by Crippen LogP contribution is 2.25. The van der Waals surface area contributed by atoms with Crippen LogP contribution in [0.4, 0.5) is 11.6 Å². The number of hydrazine groups is 1. The Labute approximate surface area is 119 Å². The third-order valence-electron chi connectivity index (χ3n) is 3.29. The molecule has 0 amide bonds. The molecule has 2 rings (SSSR count). The van der Waals surface area contributed by atoms with E-state index in [-0.39, 0.29) is 0 Å². The van der Waals surface area contributed by atoms with Gasteiger partial charge in [0.15, 0.2) is 0 Å². The van der Waals surface area contributed by atoms with Crippen molar-refractivity contribution in [3.05, 3.63) is 47.8 Å². The molecule has 0 aliphatic rings. The molecule has 0 unspecified atom stereocenters. The molecule has 0 saturated carbocycles. The monoisotopic (exact) mass is 271 g/mol. The van der Waals surface area contributed by atoms with Gasteiger partial charge in [0.1, 0.15) is 18.0 Å². The summed E-state index contributed by atoms with van der Waals surface area (Å²) in [5.41, 5.74) is 4.82. The molecule has 0 fully saturated rings. The van der Waals surface area contributed by atoms with Crippen molar-refractivity contribution in [3.8, 4) is 0 Å². The molecule has 1 aromatic heterocycles. The van der Waals surface area contributed by atoms with Gasteiger partial charge in [0.25, 0.3) is 0 Å². The number of nitrogens with two attached hydrogens (primary N) is 1. The second kappa shape index (κ2) is 6.34. The smallest absolute Gasteiger partial charge is 0.148 e. The van der Waals surface area contributed by atoms with Gasteiger partial charge in [-0.25, -0.2) is 15.8 Å². The average molecular weight is 271 g/mol. The quantitative estimate of drug-likeness (QED) is 0.646. The first-order chi connectivity index (χ1) is 9.63. The molecule has 0 aliphatic heterocycles. The Bertz CT molecular complexity index is 553. The van der Waals surface area contributed by atoms with E-state index in [9.17, 15) is 0 Å². The number of aromatic nitrogens is 2. The minimum atomic E-state index is 0.328. The first-order valence-electron chi connectivity index (χ1n) is 6.72. The van der Waals surface area contributed by atoms with Crippen LogP contribution in [0, 0.1) is 6.92 Å². The zero-order valence-corrected chi connectivity index (χ0v) is 12.2. The topological polar surface area (TPSA) is 67.1 Å². The van der Waals surface area contributed by atoms with E-state index in [0.717, 1.165) is 17.9 Å². The van der Waals surface area contributed by atoms with Crippen LogP contribution in [0.3, 0.4) is 0 Å². The Hall–Kier alpha value is -2.14. The van der Waals surface area contributed by atoms with Crippen molar-refractivity contribution in [2.75, 3.05) is 10.3 Å². The molecule has 106 valence electrons. The zero-order valence-electron chi connectivity index (χ0n) is 12.2. The van der Waals surface area contributed by atoms with E-state index in [1.54, 1.807) is 0 Å². The van der Waals surface area contributed by atoms with Crippen molar-refractivity contribution >= 4 is 11.6 Å². The SMILES string of the molecule is Cc1c(NN)ncnc1N(Cc1ccccc1)C(C)C. The number of nitrogen functional groups attached to an aromatic ring is 1. The number of benzene rings is 1. The second-order valence-electron chi connectivity index (χ2n) is 5.02. The maximum Gasteiger partial charge on any atom is 0.148 e. The van der Waals surface area contributed by atoms with Gasteiger partial charge in [0.2, 0.25) is 0 Å². The third-order valence-corrected chi connectivity index (χ3v) is 3.29. The molecule has 3 N–H and O–H groups in total. The molecule has 5 heteroatoms. The summed E-state index contributed by atoms with van der Waals surface area (Å²) in [6, 6.07) is 10.7. The Morgan fingerprint density at radius 1 is 1.20 bits per heavy atom. The van der Waals surface area contributed by atoms with Gasteiger partial charge in [-0.1, -0.05) is 30.3 Å². The van der Waals surface area contributed by atoms with Crippen LogP contribution in [0.1, 0.15) is 25.0 Å². The van der Waals surface area contributed by atoms with Crippen LogP contribution >= 0.6 is 0 Å². The lowest BCUT2D eigenvalue weighted by molar-refractivity contribution is 0.669. The Morgan fingerprint density at radius 2 is 1.90 bits per heavy atom. The van der Waals surface area contributed by atoms with Crippen LogP contribution in [0.2, 0.25) is 0 Å². The molecule has 5 nitrogen and oxygen atoms in total. The van der Waals surface area contributed by atoms with Crippen LogP contribution < -0.4 is 16.2 Å². The average Bonchev–Trinajstić information content (AvgIpc) is 2.46. The van der Waals surface area contributed by atoms with Crippen molar-refractivity contribution in [1.29, 1.82) is 0 Å². The standard InChI is InChI=1S/C15H21N5/c1-11(2)20(9-13-7-5-4-6-8-13)15-12(3)14(19-16)17-10-18-15/h4-8,10-11H,9,16H2,1-3H3,(H,17,18,19). The summed E-state index contributed by atoms with van der Waals surface area (Å²) in [7, 11) is 0. The lowest BCUT2D eigenvalue weighted by Gasteiger charge is -2.29. The number of nitrogens with zero attached hydrogens (tertiary/aromatic N) is 3. The molecular weight excluding hydrogens is 250 g/mol. The minimum Gasteiger partial charge on any atom is -0.349 e. The van der Waals surface area contributed by atoms with Crippen molar-refractivity contribution in [2.24, 2.45) is 5.84 Å². The highest BCUT2D eigenvalue weighted by atomic mass is 15.3. The molecule has 0 spiro atoms. The van der Waals surface area contributed by atoms with E-state index in [0.29, 0.717) is 11.9 Å². The van der Waals surface area contributed by atoms with E-state index in [1.807, 2.05) is 25.1 Å². The van der Waals surface area contributed by atoms with Crippen molar-refractivity contribution < 1.29 is 0 Å². The lowest BCUT2D eigenvalue weighted by Crippen LogP contribution is -2.32. The van der Waals surface area contributed by atoms with Gasteiger partial charge >= 0.3 is 0 Å². The van der Waals surface area contributed by atoms with Crippen molar-refractivity contribution in [3.63, 3.8) is 0 Å². The molecule has 0 bridgehead atoms. The highest BCUT2D eigenvalue weighted by molar-refractivity contribution is 5.58. The van der Waals surface area contributed by atoms with Gasteiger partial charge in [0, 0.05) is 18.2 Å². The molecule has 0 aliphatic carbocycles. The molecule has 1 aromatic carbocycles. The summed E-state index contributed by atoms with van der Waals surface area (Å²) in [6.45, 7) is 7.09. The van der Waals surface area contributed by atoms with Crippen LogP contribution in [0.5, 0.6) is 0 Å². The van der Waals surface area contributed by atoms with Crippen LogP contribution in [0.15, 0.2) is 36.7 Å². The number of hydrogen-bond acceptors (Lipinski definition) is 5. The Morgan fingerprint density at radius 3 is 2.50 bits per heavy atom. The summed E-state index contributed by atoms with van der Waals surface area (Å²) in [5.74, 6) is 7.06. The molecule has 1 heterocycles. The Kier molecular flexibility index (Phi) is 4.53. The fourth-order valence-corrected chi connectivity index (χ4v) is 2.16. The maximum absolute atomic E-state index is 5.49. The molecule has 2 aromatic rings. The molecule has 0 atom stereocenters. The predicted octanol–water partition coefficient (Wildman–Crippen LogP) is 2.49.